The normalized spacial score (nSPS) is 18.3. The van der Waals surface area contributed by atoms with E-state index in [4.69, 9.17) is 14.2 Å². The summed E-state index contributed by atoms with van der Waals surface area (Å²) in [6.07, 6.45) is 0. The lowest BCUT2D eigenvalue weighted by Crippen LogP contribution is -2.57. The molecular formula is C23H31ClN2O4. The zero-order chi connectivity index (χ0) is 20.6. The molecule has 2 aromatic carbocycles. The van der Waals surface area contributed by atoms with Crippen molar-refractivity contribution in [2.45, 2.75) is 32.9 Å². The first-order valence-corrected chi connectivity index (χ1v) is 10.2. The number of para-hydroxylation sites is 1. The molecule has 0 saturated carbocycles. The van der Waals surface area contributed by atoms with Crippen LogP contribution in [0.25, 0.3) is 0 Å². The SMILES string of the molecule is CCOc1cc(C(=O)N2CCNC(C)C2C)ccc1OCCOc1ccccc1.Cl. The summed E-state index contributed by atoms with van der Waals surface area (Å²) in [5.74, 6) is 2.02. The standard InChI is InChI=1S/C23H30N2O4.ClH/c1-4-27-22-16-19(23(26)25-13-12-24-17(2)18(25)3)10-11-21(22)29-15-14-28-20-8-6-5-7-9-20;/h5-11,16-18,24H,4,12-15H2,1-3H3;1H. The summed E-state index contributed by atoms with van der Waals surface area (Å²) in [4.78, 5) is 14.9. The molecule has 2 unspecified atom stereocenters. The van der Waals surface area contributed by atoms with E-state index < -0.39 is 0 Å². The van der Waals surface area contributed by atoms with E-state index >= 15 is 0 Å². The minimum Gasteiger partial charge on any atom is -0.490 e. The van der Waals surface area contributed by atoms with Crippen LogP contribution in [-0.4, -0.2) is 55.8 Å². The first-order chi connectivity index (χ1) is 14.1. The molecule has 1 aliphatic rings. The molecule has 1 fully saturated rings. The van der Waals surface area contributed by atoms with Crippen LogP contribution in [0.3, 0.4) is 0 Å². The number of nitrogens with one attached hydrogen (secondary N) is 1. The van der Waals surface area contributed by atoms with E-state index in [9.17, 15) is 4.79 Å². The van der Waals surface area contributed by atoms with Gasteiger partial charge in [-0.1, -0.05) is 18.2 Å². The number of benzene rings is 2. The van der Waals surface area contributed by atoms with E-state index in [2.05, 4.69) is 19.2 Å². The van der Waals surface area contributed by atoms with Crippen molar-refractivity contribution in [3.05, 3.63) is 54.1 Å². The largest absolute Gasteiger partial charge is 0.490 e. The van der Waals surface area contributed by atoms with Crippen molar-refractivity contribution in [2.24, 2.45) is 0 Å². The third-order valence-corrected chi connectivity index (χ3v) is 5.14. The predicted molar refractivity (Wildman–Crippen MR) is 120 cm³/mol. The van der Waals surface area contributed by atoms with Crippen molar-refractivity contribution in [2.75, 3.05) is 32.9 Å². The summed E-state index contributed by atoms with van der Waals surface area (Å²) in [7, 11) is 0. The maximum atomic E-state index is 13.0. The molecule has 1 amide bonds. The Labute approximate surface area is 184 Å². The highest BCUT2D eigenvalue weighted by Crippen LogP contribution is 2.29. The van der Waals surface area contributed by atoms with Gasteiger partial charge >= 0.3 is 0 Å². The molecule has 0 spiro atoms. The van der Waals surface area contributed by atoms with Gasteiger partial charge in [0, 0.05) is 30.7 Å². The first-order valence-electron chi connectivity index (χ1n) is 10.2. The highest BCUT2D eigenvalue weighted by molar-refractivity contribution is 5.95. The Morgan fingerprint density at radius 3 is 2.50 bits per heavy atom. The van der Waals surface area contributed by atoms with Gasteiger partial charge in [0.1, 0.15) is 19.0 Å². The number of halogens is 1. The highest BCUT2D eigenvalue weighted by Gasteiger charge is 2.29. The minimum atomic E-state index is 0. The molecule has 30 heavy (non-hydrogen) atoms. The second-order valence-corrected chi connectivity index (χ2v) is 7.09. The molecule has 0 radical (unpaired) electrons. The Balaban J connectivity index is 0.00000320. The Morgan fingerprint density at radius 2 is 1.77 bits per heavy atom. The molecule has 1 N–H and O–H groups in total. The maximum Gasteiger partial charge on any atom is 0.254 e. The Hall–Kier alpha value is -2.44. The molecule has 1 aliphatic heterocycles. The average molecular weight is 435 g/mol. The summed E-state index contributed by atoms with van der Waals surface area (Å²) >= 11 is 0. The number of rotatable bonds is 8. The number of hydrogen-bond acceptors (Lipinski definition) is 5. The van der Waals surface area contributed by atoms with E-state index in [0.717, 1.165) is 12.3 Å². The Kier molecular flexibility index (Phi) is 9.27. The average Bonchev–Trinajstić information content (AvgIpc) is 2.74. The van der Waals surface area contributed by atoms with E-state index in [-0.39, 0.29) is 30.4 Å². The number of nitrogens with zero attached hydrogens (tertiary/aromatic N) is 1. The zero-order valence-electron chi connectivity index (χ0n) is 17.8. The van der Waals surface area contributed by atoms with Gasteiger partial charge in [0.2, 0.25) is 0 Å². The van der Waals surface area contributed by atoms with Crippen LogP contribution in [0.15, 0.2) is 48.5 Å². The fourth-order valence-corrected chi connectivity index (χ4v) is 3.37. The van der Waals surface area contributed by atoms with Crippen LogP contribution < -0.4 is 19.5 Å². The van der Waals surface area contributed by atoms with E-state index in [1.807, 2.05) is 42.2 Å². The van der Waals surface area contributed by atoms with Crippen molar-refractivity contribution in [1.29, 1.82) is 0 Å². The molecule has 1 heterocycles. The third-order valence-electron chi connectivity index (χ3n) is 5.14. The summed E-state index contributed by atoms with van der Waals surface area (Å²) in [6.45, 7) is 8.89. The Bertz CT molecular complexity index is 803. The van der Waals surface area contributed by atoms with Gasteiger partial charge in [0.05, 0.1) is 6.61 Å². The molecule has 0 aliphatic carbocycles. The second kappa shape index (κ2) is 11.7. The van der Waals surface area contributed by atoms with Gasteiger partial charge in [-0.15, -0.1) is 12.4 Å². The third kappa shape index (κ3) is 6.03. The molecule has 2 aromatic rings. The lowest BCUT2D eigenvalue weighted by Gasteiger charge is -2.38. The molecule has 6 nitrogen and oxygen atoms in total. The smallest absolute Gasteiger partial charge is 0.254 e. The van der Waals surface area contributed by atoms with Gasteiger partial charge in [-0.05, 0) is 51.1 Å². The van der Waals surface area contributed by atoms with Crippen molar-refractivity contribution in [1.82, 2.24) is 10.2 Å². The van der Waals surface area contributed by atoms with Crippen molar-refractivity contribution in [3.8, 4) is 17.2 Å². The van der Waals surface area contributed by atoms with Gasteiger partial charge in [-0.3, -0.25) is 4.79 Å². The monoisotopic (exact) mass is 434 g/mol. The van der Waals surface area contributed by atoms with Crippen LogP contribution in [0.2, 0.25) is 0 Å². The molecule has 1 saturated heterocycles. The number of amides is 1. The number of carbonyl (C=O) groups excluding carboxylic acids is 1. The summed E-state index contributed by atoms with van der Waals surface area (Å²) in [5.41, 5.74) is 0.613. The second-order valence-electron chi connectivity index (χ2n) is 7.09. The fraction of sp³-hybridized carbons (Fsp3) is 0.435. The fourth-order valence-electron chi connectivity index (χ4n) is 3.37. The number of piperazine rings is 1. The van der Waals surface area contributed by atoms with Crippen molar-refractivity contribution in [3.63, 3.8) is 0 Å². The molecule has 3 rings (SSSR count). The highest BCUT2D eigenvalue weighted by atomic mass is 35.5. The van der Waals surface area contributed by atoms with Crippen LogP contribution >= 0.6 is 12.4 Å². The van der Waals surface area contributed by atoms with Gasteiger partial charge in [0.15, 0.2) is 11.5 Å². The Morgan fingerprint density at radius 1 is 1.03 bits per heavy atom. The topological polar surface area (TPSA) is 60.0 Å². The van der Waals surface area contributed by atoms with Crippen LogP contribution in [-0.2, 0) is 0 Å². The molecular weight excluding hydrogens is 404 g/mol. The lowest BCUT2D eigenvalue weighted by molar-refractivity contribution is 0.0602. The van der Waals surface area contributed by atoms with E-state index in [0.29, 0.717) is 43.4 Å². The first kappa shape index (κ1) is 23.8. The minimum absolute atomic E-state index is 0. The van der Waals surface area contributed by atoms with Gasteiger partial charge in [0.25, 0.3) is 5.91 Å². The van der Waals surface area contributed by atoms with Gasteiger partial charge in [-0.25, -0.2) is 0 Å². The summed E-state index contributed by atoms with van der Waals surface area (Å²) in [5, 5.41) is 3.40. The van der Waals surface area contributed by atoms with E-state index in [1.54, 1.807) is 18.2 Å². The quantitative estimate of drug-likeness (QED) is 0.640. The van der Waals surface area contributed by atoms with Crippen LogP contribution in [0.5, 0.6) is 17.2 Å². The van der Waals surface area contributed by atoms with E-state index in [1.165, 1.54) is 0 Å². The maximum absolute atomic E-state index is 13.0. The van der Waals surface area contributed by atoms with Gasteiger partial charge in [-0.2, -0.15) is 0 Å². The number of hydrogen-bond donors (Lipinski definition) is 1. The molecule has 7 heteroatoms. The number of carbonyl (C=O) groups is 1. The molecule has 164 valence electrons. The van der Waals surface area contributed by atoms with Crippen LogP contribution in [0.1, 0.15) is 31.1 Å². The van der Waals surface area contributed by atoms with Crippen LogP contribution in [0, 0.1) is 0 Å². The number of ether oxygens (including phenoxy) is 3. The van der Waals surface area contributed by atoms with Crippen molar-refractivity contribution < 1.29 is 19.0 Å². The lowest BCUT2D eigenvalue weighted by atomic mass is 10.1. The van der Waals surface area contributed by atoms with Crippen LogP contribution in [0.4, 0.5) is 0 Å². The molecule has 0 aromatic heterocycles. The zero-order valence-corrected chi connectivity index (χ0v) is 18.6. The van der Waals surface area contributed by atoms with Crippen molar-refractivity contribution >= 4 is 18.3 Å². The van der Waals surface area contributed by atoms with Gasteiger partial charge < -0.3 is 24.4 Å². The summed E-state index contributed by atoms with van der Waals surface area (Å²) in [6, 6.07) is 15.4. The predicted octanol–water partition coefficient (Wildman–Crippen LogP) is 3.79. The molecule has 2 atom stereocenters. The molecule has 0 bridgehead atoms. The summed E-state index contributed by atoms with van der Waals surface area (Å²) < 4.78 is 17.2.